The normalized spacial score (nSPS) is 24.3. The largest absolute Gasteiger partial charge is 0.393 e. The average Bonchev–Trinajstić information content (AvgIpc) is 3.73. The molecule has 1 aromatic heterocycles. The molecule has 0 aliphatic heterocycles. The maximum Gasteiger partial charge on any atom is 0.252 e. The number of aliphatic hydroxyl groups excluding tert-OH is 1. The molecule has 7 rings (SSSR count). The van der Waals surface area contributed by atoms with Crippen molar-refractivity contribution in [2.45, 2.75) is 93.6 Å². The summed E-state index contributed by atoms with van der Waals surface area (Å²) in [6.45, 7) is 4.04. The number of allylic oxidation sites excluding steroid dienone is 2. The fourth-order valence-electron chi connectivity index (χ4n) is 8.04. The highest BCUT2D eigenvalue weighted by Crippen LogP contribution is 2.59. The zero-order chi connectivity index (χ0) is 36.4. The molecule has 1 fully saturated rings. The molecule has 4 aromatic rings. The number of aliphatic hydroxyl groups is 2. The molecule has 3 aliphatic rings. The zero-order valence-corrected chi connectivity index (χ0v) is 31.4. The molecular formula is C41H45ClFNO5S2. The van der Waals surface area contributed by atoms with E-state index in [0.29, 0.717) is 50.5 Å². The van der Waals surface area contributed by atoms with E-state index >= 15 is 0 Å². The summed E-state index contributed by atoms with van der Waals surface area (Å²) in [7, 11) is -3.97. The van der Waals surface area contributed by atoms with E-state index in [0.717, 1.165) is 33.6 Å². The van der Waals surface area contributed by atoms with E-state index in [4.69, 9.17) is 11.6 Å². The minimum Gasteiger partial charge on any atom is -0.393 e. The third-order valence-corrected chi connectivity index (χ3v) is 14.6. The predicted molar refractivity (Wildman–Crippen MR) is 201 cm³/mol. The number of fused-ring (bicyclic) bond motifs is 8. The molecule has 6 nitrogen and oxygen atoms in total. The van der Waals surface area contributed by atoms with Crippen LogP contribution in [0.4, 0.5) is 4.39 Å². The van der Waals surface area contributed by atoms with Crippen LogP contribution in [0.5, 0.6) is 0 Å². The number of nitrogens with zero attached hydrogens (tertiary/aromatic N) is 1. The van der Waals surface area contributed by atoms with E-state index in [1.54, 1.807) is 23.6 Å². The first kappa shape index (κ1) is 37.6. The van der Waals surface area contributed by atoms with Crippen LogP contribution in [0.25, 0.3) is 0 Å². The molecular weight excluding hydrogens is 705 g/mol. The zero-order valence-electron chi connectivity index (χ0n) is 29.0. The van der Waals surface area contributed by atoms with Gasteiger partial charge in [0.25, 0.3) is 10.0 Å². The fourth-order valence-corrected chi connectivity index (χ4v) is 10.9. The Kier molecular flexibility index (Phi) is 11.4. The Hall–Kier alpha value is -3.18. The van der Waals surface area contributed by atoms with Crippen molar-refractivity contribution in [2.24, 2.45) is 5.41 Å². The highest BCUT2D eigenvalue weighted by molar-refractivity contribution is 7.91. The lowest BCUT2D eigenvalue weighted by Crippen LogP contribution is -2.53. The summed E-state index contributed by atoms with van der Waals surface area (Å²) >= 11 is 7.52. The molecule has 10 heteroatoms. The number of halogens is 2. The molecule has 51 heavy (non-hydrogen) atoms. The van der Waals surface area contributed by atoms with Crippen molar-refractivity contribution in [2.75, 3.05) is 6.54 Å². The van der Waals surface area contributed by atoms with E-state index in [9.17, 15) is 27.8 Å². The second-order valence-corrected chi connectivity index (χ2v) is 18.0. The van der Waals surface area contributed by atoms with Crippen molar-refractivity contribution < 1.29 is 27.8 Å². The van der Waals surface area contributed by atoms with Crippen molar-refractivity contribution in [1.82, 2.24) is 4.31 Å². The van der Waals surface area contributed by atoms with Gasteiger partial charge in [0.1, 0.15) is 10.0 Å². The van der Waals surface area contributed by atoms with Gasteiger partial charge in [-0.25, -0.2) is 12.8 Å². The molecule has 2 N–H and O–H groups in total. The van der Waals surface area contributed by atoms with Crippen LogP contribution in [0.15, 0.2) is 100 Å². The number of ketones is 1. The Morgan fingerprint density at radius 3 is 2.55 bits per heavy atom. The van der Waals surface area contributed by atoms with Crippen LogP contribution < -0.4 is 0 Å². The second kappa shape index (κ2) is 15.4. The number of hydrogen-bond acceptors (Lipinski definition) is 6. The Morgan fingerprint density at radius 2 is 1.82 bits per heavy atom. The summed E-state index contributed by atoms with van der Waals surface area (Å²) in [6.07, 6.45) is 4.89. The quantitative estimate of drug-likeness (QED) is 0.132. The fraction of sp³-hybridized carbons (Fsp3) is 0.390. The molecule has 270 valence electrons. The molecule has 0 radical (unpaired) electrons. The van der Waals surface area contributed by atoms with Crippen LogP contribution in [0.3, 0.4) is 0 Å². The summed E-state index contributed by atoms with van der Waals surface area (Å²) in [6, 6.07) is 22.7. The smallest absolute Gasteiger partial charge is 0.252 e. The maximum absolute atomic E-state index is 14.9. The lowest BCUT2D eigenvalue weighted by Gasteiger charge is -2.46. The number of carbonyl (C=O) groups is 1. The monoisotopic (exact) mass is 749 g/mol. The van der Waals surface area contributed by atoms with Gasteiger partial charge in [0.05, 0.1) is 11.7 Å². The van der Waals surface area contributed by atoms with Crippen LogP contribution >= 0.6 is 22.9 Å². The number of rotatable bonds is 9. The molecule has 3 aromatic carbocycles. The van der Waals surface area contributed by atoms with Crippen molar-refractivity contribution in [3.8, 4) is 0 Å². The average molecular weight is 750 g/mol. The molecule has 4 atom stereocenters. The minimum absolute atomic E-state index is 0.0906. The van der Waals surface area contributed by atoms with Gasteiger partial charge in [-0.3, -0.25) is 4.79 Å². The van der Waals surface area contributed by atoms with Gasteiger partial charge in [-0.05, 0) is 104 Å². The van der Waals surface area contributed by atoms with Gasteiger partial charge < -0.3 is 10.2 Å². The van der Waals surface area contributed by atoms with Gasteiger partial charge in [0.2, 0.25) is 0 Å². The summed E-state index contributed by atoms with van der Waals surface area (Å²) in [5.41, 5.74) is 1.69. The first-order valence-electron chi connectivity index (χ1n) is 17.5. The van der Waals surface area contributed by atoms with Crippen LogP contribution in [-0.2, 0) is 29.4 Å². The van der Waals surface area contributed by atoms with Crippen molar-refractivity contribution in [1.29, 1.82) is 0 Å². The first-order valence-corrected chi connectivity index (χ1v) is 20.2. The highest BCUT2D eigenvalue weighted by atomic mass is 35.5. The van der Waals surface area contributed by atoms with E-state index < -0.39 is 33.0 Å². The number of Topliss-reactive ketones (excluding diaryl/α,β-unsaturated/α-hetero) is 1. The van der Waals surface area contributed by atoms with E-state index in [1.807, 2.05) is 62.4 Å². The lowest BCUT2D eigenvalue weighted by atomic mass is 9.64. The van der Waals surface area contributed by atoms with Crippen molar-refractivity contribution in [3.05, 3.63) is 135 Å². The Morgan fingerprint density at radius 1 is 1.04 bits per heavy atom. The molecule has 1 saturated carbocycles. The van der Waals surface area contributed by atoms with Gasteiger partial charge in [-0.2, -0.15) is 4.31 Å². The summed E-state index contributed by atoms with van der Waals surface area (Å²) in [5.74, 6) is -1.19. The second-order valence-electron chi connectivity index (χ2n) is 14.4. The van der Waals surface area contributed by atoms with Gasteiger partial charge >= 0.3 is 0 Å². The molecule has 2 bridgehead atoms. The third-order valence-electron chi connectivity index (χ3n) is 11.1. The Balaban J connectivity index is 1.45. The summed E-state index contributed by atoms with van der Waals surface area (Å²) < 4.78 is 45.0. The standard InChI is InChI=1S/C41H45ClFNO5S2/c1-28-9-7-20-40(2)35(19-21-41(40,47)27-44(26-29-10-4-3-5-11-29)51(48,49)39-14-8-22-50-39)32-18-16-30(23-31(45)17-15-28)24-33(32)38(46)25-34-36(42)12-6-13-37(34)43/h3-6,8-14,16,18,22,24,31,35,45,47H,7,15,17,19-21,23,25-27H2,1-2H3/t31-,35-,40-,41+/m0/s1. The van der Waals surface area contributed by atoms with E-state index in [1.165, 1.54) is 16.4 Å². The molecule has 0 saturated heterocycles. The highest BCUT2D eigenvalue weighted by Gasteiger charge is 2.58. The van der Waals surface area contributed by atoms with E-state index in [2.05, 4.69) is 6.08 Å². The molecule has 1 heterocycles. The summed E-state index contributed by atoms with van der Waals surface area (Å²) in [4.78, 5) is 14.2. The molecule has 0 spiro atoms. The topological polar surface area (TPSA) is 94.9 Å². The lowest BCUT2D eigenvalue weighted by molar-refractivity contribution is -0.0731. The predicted octanol–water partition coefficient (Wildman–Crippen LogP) is 8.90. The van der Waals surface area contributed by atoms with Crippen LogP contribution in [0, 0.1) is 11.2 Å². The summed E-state index contributed by atoms with van der Waals surface area (Å²) in [5, 5.41) is 25.8. The number of thiophene rings is 1. The van der Waals surface area contributed by atoms with Crippen molar-refractivity contribution >= 4 is 38.7 Å². The van der Waals surface area contributed by atoms with E-state index in [-0.39, 0.29) is 46.0 Å². The van der Waals surface area contributed by atoms with Gasteiger partial charge in [0.15, 0.2) is 5.78 Å². The van der Waals surface area contributed by atoms with Gasteiger partial charge in [-0.15, -0.1) is 11.3 Å². The Labute approximate surface area is 309 Å². The van der Waals surface area contributed by atoms with Gasteiger partial charge in [0, 0.05) is 41.1 Å². The minimum atomic E-state index is -3.97. The molecule has 0 amide bonds. The number of benzene rings is 3. The molecule has 3 aliphatic carbocycles. The van der Waals surface area contributed by atoms with Crippen LogP contribution in [0.2, 0.25) is 5.02 Å². The van der Waals surface area contributed by atoms with Gasteiger partial charge in [-0.1, -0.05) is 84.8 Å². The van der Waals surface area contributed by atoms with Crippen LogP contribution in [0.1, 0.15) is 90.9 Å². The van der Waals surface area contributed by atoms with Crippen molar-refractivity contribution in [3.63, 3.8) is 0 Å². The number of hydrogen-bond donors (Lipinski definition) is 2. The number of sulfonamides is 1. The number of carbonyl (C=O) groups excluding carboxylic acids is 1. The molecule has 0 unspecified atom stereocenters. The maximum atomic E-state index is 14.9. The SMILES string of the molecule is CC1=CCC[C@@]2(C)[C@@H](CC[C@@]2(O)CN(Cc2ccccc2)S(=O)(=O)c2cccs2)c2ccc(cc2C(=O)Cc2c(F)cccc2Cl)C[C@@H](O)CC1. The Bertz CT molecular complexity index is 1980. The third kappa shape index (κ3) is 7.94. The van der Waals surface area contributed by atoms with Crippen LogP contribution in [-0.4, -0.2) is 47.0 Å². The first-order chi connectivity index (χ1) is 24.3.